The minimum Gasteiger partial charge on any atom is -0.384 e. The van der Waals surface area contributed by atoms with Crippen molar-refractivity contribution in [1.82, 2.24) is 10.3 Å². The van der Waals surface area contributed by atoms with Crippen molar-refractivity contribution >= 4 is 17.2 Å². The lowest BCUT2D eigenvalue weighted by molar-refractivity contribution is 0.591. The van der Waals surface area contributed by atoms with Gasteiger partial charge in [-0.25, -0.2) is 4.98 Å². The van der Waals surface area contributed by atoms with Gasteiger partial charge in [-0.2, -0.15) is 11.3 Å². The van der Waals surface area contributed by atoms with Gasteiger partial charge in [0.15, 0.2) is 0 Å². The molecule has 4 heteroatoms. The second kappa shape index (κ2) is 5.29. The molecule has 0 fully saturated rings. The van der Waals surface area contributed by atoms with Crippen LogP contribution in [0.1, 0.15) is 22.7 Å². The predicted molar refractivity (Wildman–Crippen MR) is 73.2 cm³/mol. The molecule has 0 saturated carbocycles. The summed E-state index contributed by atoms with van der Waals surface area (Å²) in [5, 5.41) is 7.75. The van der Waals surface area contributed by atoms with E-state index < -0.39 is 0 Å². The Balaban J connectivity index is 2.19. The van der Waals surface area contributed by atoms with Gasteiger partial charge >= 0.3 is 0 Å². The lowest BCUT2D eigenvalue weighted by atomic mass is 9.99. The number of nitrogens with two attached hydrogens (primary N) is 1. The molecule has 0 aliphatic rings. The van der Waals surface area contributed by atoms with E-state index in [0.29, 0.717) is 11.9 Å². The van der Waals surface area contributed by atoms with Gasteiger partial charge in [0.25, 0.3) is 0 Å². The second-order valence-corrected chi connectivity index (χ2v) is 4.89. The Morgan fingerprint density at radius 3 is 2.88 bits per heavy atom. The number of aromatic nitrogens is 1. The molecule has 0 aliphatic heterocycles. The summed E-state index contributed by atoms with van der Waals surface area (Å²) in [4.78, 5) is 4.01. The molecule has 0 aromatic carbocycles. The van der Waals surface area contributed by atoms with E-state index in [4.69, 9.17) is 5.73 Å². The summed E-state index contributed by atoms with van der Waals surface area (Å²) in [5.74, 6) is 0.583. The number of thiophene rings is 1. The quantitative estimate of drug-likeness (QED) is 0.873. The first-order valence-electron chi connectivity index (χ1n) is 5.61. The lowest BCUT2D eigenvalue weighted by Crippen LogP contribution is -2.19. The summed E-state index contributed by atoms with van der Waals surface area (Å²) in [5.41, 5.74) is 9.62. The topological polar surface area (TPSA) is 50.9 Å². The molecule has 2 heterocycles. The van der Waals surface area contributed by atoms with E-state index in [-0.39, 0.29) is 0 Å². The number of hydrogen-bond donors (Lipinski definition) is 2. The maximum Gasteiger partial charge on any atom is 0.123 e. The van der Waals surface area contributed by atoms with Gasteiger partial charge < -0.3 is 11.1 Å². The summed E-state index contributed by atoms with van der Waals surface area (Å²) in [6.07, 6.45) is 2.69. The number of nitrogen functional groups attached to an aromatic ring is 1. The number of likely N-dealkylation sites (N-methyl/N-ethyl adjacent to an activating group) is 1. The van der Waals surface area contributed by atoms with Crippen LogP contribution in [-0.2, 0) is 6.42 Å². The van der Waals surface area contributed by atoms with E-state index in [0.717, 1.165) is 6.42 Å². The van der Waals surface area contributed by atoms with Crippen molar-refractivity contribution in [2.45, 2.75) is 19.4 Å². The number of nitrogens with zero attached hydrogens (tertiary/aromatic N) is 1. The Morgan fingerprint density at radius 2 is 2.29 bits per heavy atom. The van der Waals surface area contributed by atoms with Gasteiger partial charge in [0.05, 0.1) is 0 Å². The van der Waals surface area contributed by atoms with E-state index in [1.54, 1.807) is 17.5 Å². The highest BCUT2D eigenvalue weighted by Gasteiger charge is 2.13. The van der Waals surface area contributed by atoms with Crippen LogP contribution >= 0.6 is 11.3 Å². The molecule has 3 nitrogen and oxygen atoms in total. The molecule has 0 aliphatic carbocycles. The van der Waals surface area contributed by atoms with Gasteiger partial charge in [-0.05, 0) is 60.0 Å². The first-order chi connectivity index (χ1) is 8.20. The maximum atomic E-state index is 5.69. The molecule has 3 N–H and O–H groups in total. The molecule has 17 heavy (non-hydrogen) atoms. The Kier molecular flexibility index (Phi) is 3.76. The highest BCUT2D eigenvalue weighted by molar-refractivity contribution is 7.08. The van der Waals surface area contributed by atoms with Crippen LogP contribution < -0.4 is 11.1 Å². The zero-order valence-electron chi connectivity index (χ0n) is 10.1. The first kappa shape index (κ1) is 12.1. The summed E-state index contributed by atoms with van der Waals surface area (Å²) < 4.78 is 0. The summed E-state index contributed by atoms with van der Waals surface area (Å²) >= 11 is 1.75. The van der Waals surface area contributed by atoms with Crippen molar-refractivity contribution in [2.24, 2.45) is 0 Å². The monoisotopic (exact) mass is 247 g/mol. The van der Waals surface area contributed by atoms with E-state index in [1.165, 1.54) is 16.7 Å². The van der Waals surface area contributed by atoms with Crippen LogP contribution in [0.25, 0.3) is 0 Å². The van der Waals surface area contributed by atoms with Crippen LogP contribution in [0.3, 0.4) is 0 Å². The fourth-order valence-electron chi connectivity index (χ4n) is 1.95. The molecule has 2 aromatic heterocycles. The fourth-order valence-corrected chi connectivity index (χ4v) is 2.86. The van der Waals surface area contributed by atoms with Gasteiger partial charge in [-0.1, -0.05) is 0 Å². The number of anilines is 1. The van der Waals surface area contributed by atoms with Gasteiger partial charge in [0, 0.05) is 12.2 Å². The fraction of sp³-hybridized carbons (Fsp3) is 0.308. The standard InChI is InChI=1S/C13H17N3S/c1-9-7-17-8-11(9)12(15-2)5-10-3-4-16-13(14)6-10/h3-4,6-8,12,15H,5H2,1-2H3,(H2,14,16). The third-order valence-corrected chi connectivity index (χ3v) is 3.78. The molecule has 2 aromatic rings. The Hall–Kier alpha value is -1.39. The van der Waals surface area contributed by atoms with Crippen molar-refractivity contribution in [3.8, 4) is 0 Å². The number of aryl methyl sites for hydroxylation is 1. The second-order valence-electron chi connectivity index (χ2n) is 4.14. The van der Waals surface area contributed by atoms with Crippen molar-refractivity contribution in [2.75, 3.05) is 12.8 Å². The number of rotatable bonds is 4. The van der Waals surface area contributed by atoms with E-state index in [2.05, 4.69) is 28.0 Å². The van der Waals surface area contributed by atoms with Gasteiger partial charge in [0.2, 0.25) is 0 Å². The number of nitrogens with one attached hydrogen (secondary N) is 1. The maximum absolute atomic E-state index is 5.69. The minimum absolute atomic E-state index is 0.336. The Labute approximate surface area is 106 Å². The van der Waals surface area contributed by atoms with Crippen LogP contribution in [0.5, 0.6) is 0 Å². The van der Waals surface area contributed by atoms with E-state index >= 15 is 0 Å². The predicted octanol–water partition coefficient (Wildman–Crippen LogP) is 2.54. The molecule has 1 unspecified atom stereocenters. The molecule has 0 saturated heterocycles. The lowest BCUT2D eigenvalue weighted by Gasteiger charge is -2.16. The van der Waals surface area contributed by atoms with Crippen molar-refractivity contribution in [3.05, 3.63) is 45.8 Å². The highest BCUT2D eigenvalue weighted by Crippen LogP contribution is 2.24. The number of hydrogen-bond acceptors (Lipinski definition) is 4. The van der Waals surface area contributed by atoms with Crippen LogP contribution in [0.15, 0.2) is 29.1 Å². The molecular formula is C13H17N3S. The highest BCUT2D eigenvalue weighted by atomic mass is 32.1. The SMILES string of the molecule is CNC(Cc1ccnc(N)c1)c1cscc1C. The van der Waals surface area contributed by atoms with Gasteiger partial charge in [-0.3, -0.25) is 0 Å². The van der Waals surface area contributed by atoms with Crippen LogP contribution in [0, 0.1) is 6.92 Å². The third kappa shape index (κ3) is 2.84. The summed E-state index contributed by atoms with van der Waals surface area (Å²) in [6, 6.07) is 4.29. The van der Waals surface area contributed by atoms with Gasteiger partial charge in [0.1, 0.15) is 5.82 Å². The minimum atomic E-state index is 0.336. The normalized spacial score (nSPS) is 12.6. The smallest absolute Gasteiger partial charge is 0.123 e. The van der Waals surface area contributed by atoms with E-state index in [9.17, 15) is 0 Å². The average molecular weight is 247 g/mol. The largest absolute Gasteiger partial charge is 0.384 e. The van der Waals surface area contributed by atoms with Gasteiger partial charge in [-0.15, -0.1) is 0 Å². The average Bonchev–Trinajstić information content (AvgIpc) is 2.72. The molecule has 1 atom stereocenters. The van der Waals surface area contributed by atoms with E-state index in [1.807, 2.05) is 19.2 Å². The summed E-state index contributed by atoms with van der Waals surface area (Å²) in [7, 11) is 1.99. The zero-order chi connectivity index (χ0) is 12.3. The van der Waals surface area contributed by atoms with Crippen molar-refractivity contribution < 1.29 is 0 Å². The molecule has 0 spiro atoms. The third-order valence-electron chi connectivity index (χ3n) is 2.90. The molecule has 0 bridgehead atoms. The molecule has 2 rings (SSSR count). The molecule has 90 valence electrons. The molecule has 0 amide bonds. The van der Waals surface area contributed by atoms with Crippen LogP contribution in [0.4, 0.5) is 5.82 Å². The van der Waals surface area contributed by atoms with Crippen LogP contribution in [-0.4, -0.2) is 12.0 Å². The molecular weight excluding hydrogens is 230 g/mol. The van der Waals surface area contributed by atoms with Crippen LogP contribution in [0.2, 0.25) is 0 Å². The number of pyridine rings is 1. The summed E-state index contributed by atoms with van der Waals surface area (Å²) in [6.45, 7) is 2.15. The Bertz CT molecular complexity index is 493. The van der Waals surface area contributed by atoms with Crippen molar-refractivity contribution in [1.29, 1.82) is 0 Å². The molecule has 0 radical (unpaired) electrons. The zero-order valence-corrected chi connectivity index (χ0v) is 10.9. The van der Waals surface area contributed by atoms with Crippen molar-refractivity contribution in [3.63, 3.8) is 0 Å². The first-order valence-corrected chi connectivity index (χ1v) is 6.55. The Morgan fingerprint density at radius 1 is 1.47 bits per heavy atom.